The van der Waals surface area contributed by atoms with Gasteiger partial charge in [-0.3, -0.25) is 4.79 Å². The summed E-state index contributed by atoms with van der Waals surface area (Å²) >= 11 is 0. The Morgan fingerprint density at radius 3 is 1.50 bits per heavy atom. The maximum absolute atomic E-state index is 14.6. The smallest absolute Gasteiger partial charge is 0.337 e. The van der Waals surface area contributed by atoms with Crippen LogP contribution in [-0.4, -0.2) is 58.7 Å². The van der Waals surface area contributed by atoms with Crippen LogP contribution in [0.1, 0.15) is 26.2 Å². The summed E-state index contributed by atoms with van der Waals surface area (Å²) in [6.45, 7) is 0.399. The first-order chi connectivity index (χ1) is 11.4. The van der Waals surface area contributed by atoms with Gasteiger partial charge in [0.2, 0.25) is 0 Å². The molecule has 1 aliphatic carbocycles. The second-order valence-electron chi connectivity index (χ2n) is 6.37. The Morgan fingerprint density at radius 2 is 1.12 bits per heavy atom. The van der Waals surface area contributed by atoms with E-state index in [-0.39, 0.29) is 17.7 Å². The van der Waals surface area contributed by atoms with Crippen molar-refractivity contribution in [3.8, 4) is 0 Å². The summed E-state index contributed by atoms with van der Waals surface area (Å²) < 4.78 is 150. The van der Waals surface area contributed by atoms with Gasteiger partial charge < -0.3 is 4.90 Å². The highest BCUT2D eigenvalue weighted by Crippen LogP contribution is 2.69. The highest BCUT2D eigenvalue weighted by molar-refractivity contribution is 5.89. The lowest BCUT2D eigenvalue weighted by atomic mass is 9.71. The number of likely N-dealkylation sites (tertiary alicyclic amines) is 1. The first kappa shape index (κ1) is 21.0. The summed E-state index contributed by atoms with van der Waals surface area (Å²) in [6.07, 6.45) is 0.259. The van der Waals surface area contributed by atoms with E-state index in [9.17, 15) is 53.1 Å². The number of hydrogen-bond donors (Lipinski definition) is 0. The molecule has 1 aliphatic heterocycles. The van der Waals surface area contributed by atoms with E-state index in [0.29, 0.717) is 6.42 Å². The molecule has 0 spiro atoms. The fourth-order valence-corrected chi connectivity index (χ4v) is 3.09. The van der Waals surface area contributed by atoms with Crippen LogP contribution in [0.5, 0.6) is 0 Å². The third-order valence-corrected chi connectivity index (χ3v) is 4.80. The summed E-state index contributed by atoms with van der Waals surface area (Å²) in [7, 11) is 0. The van der Waals surface area contributed by atoms with Crippen molar-refractivity contribution < 1.29 is 53.1 Å². The monoisotopic (exact) mass is 407 g/mol. The van der Waals surface area contributed by atoms with E-state index in [0.717, 1.165) is 6.92 Å². The molecule has 2 rings (SSSR count). The average molecular weight is 407 g/mol. The van der Waals surface area contributed by atoms with Gasteiger partial charge in [-0.2, -0.15) is 43.9 Å². The first-order valence-corrected chi connectivity index (χ1v) is 7.32. The second-order valence-corrected chi connectivity index (χ2v) is 6.37. The number of piperidine rings is 1. The zero-order valence-electron chi connectivity index (χ0n) is 12.9. The van der Waals surface area contributed by atoms with E-state index < -0.39 is 53.8 Å². The molecule has 0 radical (unpaired) electrons. The van der Waals surface area contributed by atoms with E-state index in [1.165, 1.54) is 0 Å². The van der Waals surface area contributed by atoms with Crippen LogP contribution in [0.25, 0.3) is 0 Å². The molecule has 1 saturated carbocycles. The van der Waals surface area contributed by atoms with Gasteiger partial charge in [-0.25, -0.2) is 4.39 Å². The molecule has 1 unspecified atom stereocenters. The minimum atomic E-state index is -7.31. The minimum absolute atomic E-state index is 0.0268. The highest BCUT2D eigenvalue weighted by atomic mass is 19.4. The summed E-state index contributed by atoms with van der Waals surface area (Å²) in [5.41, 5.74) is -6.57. The second kappa shape index (κ2) is 5.37. The third-order valence-electron chi connectivity index (χ3n) is 4.80. The van der Waals surface area contributed by atoms with Gasteiger partial charge >= 0.3 is 35.3 Å². The van der Waals surface area contributed by atoms with Gasteiger partial charge in [-0.15, -0.1) is 0 Å². The molecule has 1 atom stereocenters. The van der Waals surface area contributed by atoms with Crippen LogP contribution < -0.4 is 0 Å². The van der Waals surface area contributed by atoms with Crippen LogP contribution in [0.2, 0.25) is 0 Å². The van der Waals surface area contributed by atoms with Crippen molar-refractivity contribution in [2.75, 3.05) is 6.54 Å². The van der Waals surface area contributed by atoms with E-state index >= 15 is 0 Å². The van der Waals surface area contributed by atoms with E-state index in [1.807, 2.05) is 0 Å². The number of carbonyl (C=O) groups is 1. The Hall–Kier alpha value is -1.30. The van der Waals surface area contributed by atoms with E-state index in [4.69, 9.17) is 0 Å². The standard InChI is InChI=1S/C13H12F11NO/c1-6-4-2-3-5-25(6)7(26)8(14)9(15,16)11(19,20)13(23,24)12(21,22)10(8,17)18/h6H,2-5H2,1H3. The lowest BCUT2D eigenvalue weighted by Crippen LogP contribution is -2.86. The number of hydrogen-bond acceptors (Lipinski definition) is 1. The molecular weight excluding hydrogens is 395 g/mol. The summed E-state index contributed by atoms with van der Waals surface area (Å²) in [5.74, 6) is -39.1. The topological polar surface area (TPSA) is 20.3 Å². The largest absolute Gasteiger partial charge is 0.384 e. The zero-order valence-corrected chi connectivity index (χ0v) is 12.9. The van der Waals surface area contributed by atoms with E-state index in [1.54, 1.807) is 0 Å². The molecule has 152 valence electrons. The van der Waals surface area contributed by atoms with Crippen molar-refractivity contribution in [2.45, 2.75) is 67.5 Å². The van der Waals surface area contributed by atoms with Crippen molar-refractivity contribution in [2.24, 2.45) is 0 Å². The normalized spacial score (nSPS) is 33.5. The molecule has 0 N–H and O–H groups in total. The number of nitrogens with zero attached hydrogens (tertiary/aromatic N) is 1. The molecule has 0 aromatic carbocycles. The Morgan fingerprint density at radius 1 is 0.731 bits per heavy atom. The van der Waals surface area contributed by atoms with Gasteiger partial charge in [0.15, 0.2) is 0 Å². The molecule has 0 aromatic heterocycles. The molecule has 2 aliphatic rings. The summed E-state index contributed by atoms with van der Waals surface area (Å²) in [6, 6.07) is -1.22. The molecule has 0 bridgehead atoms. The highest BCUT2D eigenvalue weighted by Gasteiger charge is 3.03. The SMILES string of the molecule is CC1CCCCN1C(=O)C1(F)C(F)(F)C(F)(F)C(F)(F)C(F)(F)C1(F)F. The minimum Gasteiger partial charge on any atom is -0.337 e. The maximum atomic E-state index is 14.6. The van der Waals surface area contributed by atoms with E-state index in [2.05, 4.69) is 0 Å². The molecule has 1 heterocycles. The zero-order chi connectivity index (χ0) is 20.6. The van der Waals surface area contributed by atoms with Crippen molar-refractivity contribution >= 4 is 5.91 Å². The number of amides is 1. The van der Waals surface area contributed by atoms with Crippen LogP contribution in [0, 0.1) is 0 Å². The quantitative estimate of drug-likeness (QED) is 0.595. The molecule has 2 fully saturated rings. The van der Waals surface area contributed by atoms with Crippen LogP contribution in [0.15, 0.2) is 0 Å². The number of alkyl halides is 11. The molecule has 1 amide bonds. The number of halogens is 11. The van der Waals surface area contributed by atoms with Crippen molar-refractivity contribution in [3.05, 3.63) is 0 Å². The summed E-state index contributed by atoms with van der Waals surface area (Å²) in [4.78, 5) is 12.0. The molecule has 26 heavy (non-hydrogen) atoms. The predicted molar refractivity (Wildman–Crippen MR) is 63.6 cm³/mol. The molecular formula is C13H12F11NO. The number of rotatable bonds is 1. The fraction of sp³-hybridized carbons (Fsp3) is 0.923. The Balaban J connectivity index is 2.73. The van der Waals surface area contributed by atoms with Crippen LogP contribution in [0.3, 0.4) is 0 Å². The fourth-order valence-electron chi connectivity index (χ4n) is 3.09. The maximum Gasteiger partial charge on any atom is 0.384 e. The Bertz CT molecular complexity index is 573. The molecule has 0 aromatic rings. The molecule has 13 heteroatoms. The van der Waals surface area contributed by atoms with Crippen molar-refractivity contribution in [1.82, 2.24) is 4.90 Å². The average Bonchev–Trinajstić information content (AvgIpc) is 2.51. The van der Waals surface area contributed by atoms with Crippen LogP contribution >= 0.6 is 0 Å². The van der Waals surface area contributed by atoms with Gasteiger partial charge in [0.05, 0.1) is 0 Å². The third kappa shape index (κ3) is 1.97. The van der Waals surface area contributed by atoms with Gasteiger partial charge in [-0.1, -0.05) is 0 Å². The van der Waals surface area contributed by atoms with Crippen LogP contribution in [0.4, 0.5) is 48.3 Å². The van der Waals surface area contributed by atoms with Gasteiger partial charge in [0.1, 0.15) is 0 Å². The summed E-state index contributed by atoms with van der Waals surface area (Å²) in [5, 5.41) is 0. The Kier molecular flexibility index (Phi) is 4.34. The molecule has 1 saturated heterocycles. The van der Waals surface area contributed by atoms with Crippen LogP contribution in [-0.2, 0) is 4.79 Å². The van der Waals surface area contributed by atoms with Gasteiger partial charge in [0, 0.05) is 12.6 Å². The number of carbonyl (C=O) groups excluding carboxylic acids is 1. The Labute approximate surface area is 139 Å². The molecule has 2 nitrogen and oxygen atoms in total. The lowest BCUT2D eigenvalue weighted by Gasteiger charge is -2.53. The van der Waals surface area contributed by atoms with Gasteiger partial charge in [-0.05, 0) is 26.2 Å². The first-order valence-electron chi connectivity index (χ1n) is 7.32. The van der Waals surface area contributed by atoms with Crippen molar-refractivity contribution in [1.29, 1.82) is 0 Å². The lowest BCUT2D eigenvalue weighted by molar-refractivity contribution is -0.477. The predicted octanol–water partition coefficient (Wildman–Crippen LogP) is 4.29. The van der Waals surface area contributed by atoms with Gasteiger partial charge in [0.25, 0.3) is 5.91 Å². The van der Waals surface area contributed by atoms with Crippen molar-refractivity contribution in [3.63, 3.8) is 0 Å².